The SMILES string of the molecule is CN(C)C(=O)c1ccccc1NCc1cn(C)nn1. The number of anilines is 1. The maximum Gasteiger partial charge on any atom is 0.255 e. The van der Waals surface area contributed by atoms with Gasteiger partial charge in [0, 0.05) is 33.0 Å². The molecule has 1 aromatic carbocycles. The summed E-state index contributed by atoms with van der Waals surface area (Å²) in [5.74, 6) is -0.0257. The van der Waals surface area contributed by atoms with E-state index in [0.29, 0.717) is 12.1 Å². The molecule has 0 atom stereocenters. The van der Waals surface area contributed by atoms with Crippen molar-refractivity contribution in [2.45, 2.75) is 6.54 Å². The normalized spacial score (nSPS) is 10.3. The molecule has 0 aliphatic carbocycles. The molecular weight excluding hydrogens is 242 g/mol. The van der Waals surface area contributed by atoms with Crippen molar-refractivity contribution in [3.05, 3.63) is 41.7 Å². The summed E-state index contributed by atoms with van der Waals surface area (Å²) in [6.45, 7) is 0.533. The van der Waals surface area contributed by atoms with E-state index in [1.54, 1.807) is 29.7 Å². The van der Waals surface area contributed by atoms with Gasteiger partial charge in [0.05, 0.1) is 12.1 Å². The molecule has 2 aromatic rings. The molecule has 1 N–H and O–H groups in total. The van der Waals surface area contributed by atoms with Gasteiger partial charge in [-0.15, -0.1) is 5.10 Å². The zero-order valence-corrected chi connectivity index (χ0v) is 11.3. The summed E-state index contributed by atoms with van der Waals surface area (Å²) in [4.78, 5) is 13.6. The van der Waals surface area contributed by atoms with Gasteiger partial charge in [-0.2, -0.15) is 0 Å². The van der Waals surface area contributed by atoms with Gasteiger partial charge in [-0.05, 0) is 12.1 Å². The van der Waals surface area contributed by atoms with Crippen LogP contribution in [0.5, 0.6) is 0 Å². The molecule has 0 saturated carbocycles. The van der Waals surface area contributed by atoms with Gasteiger partial charge in [-0.25, -0.2) is 0 Å². The third-order valence-corrected chi connectivity index (χ3v) is 2.67. The van der Waals surface area contributed by atoms with E-state index in [9.17, 15) is 4.79 Å². The first-order valence-corrected chi connectivity index (χ1v) is 5.97. The molecule has 0 aliphatic heterocycles. The molecule has 1 heterocycles. The summed E-state index contributed by atoms with van der Waals surface area (Å²) in [6, 6.07) is 7.43. The molecule has 0 aliphatic rings. The Morgan fingerprint density at radius 1 is 1.37 bits per heavy atom. The molecule has 0 unspecified atom stereocenters. The molecule has 2 rings (SSSR count). The van der Waals surface area contributed by atoms with Crippen molar-refractivity contribution in [3.8, 4) is 0 Å². The van der Waals surface area contributed by atoms with Crippen LogP contribution >= 0.6 is 0 Å². The van der Waals surface area contributed by atoms with Crippen LogP contribution in [-0.4, -0.2) is 39.9 Å². The number of aryl methyl sites for hydroxylation is 1. The summed E-state index contributed by atoms with van der Waals surface area (Å²) < 4.78 is 1.65. The fourth-order valence-corrected chi connectivity index (χ4v) is 1.73. The van der Waals surface area contributed by atoms with Crippen LogP contribution < -0.4 is 5.32 Å². The third kappa shape index (κ3) is 3.09. The number of carbonyl (C=O) groups is 1. The highest BCUT2D eigenvalue weighted by atomic mass is 16.2. The van der Waals surface area contributed by atoms with Crippen molar-refractivity contribution in [3.63, 3.8) is 0 Å². The molecule has 100 valence electrons. The van der Waals surface area contributed by atoms with Gasteiger partial charge in [-0.3, -0.25) is 9.48 Å². The highest BCUT2D eigenvalue weighted by Gasteiger charge is 2.12. The van der Waals surface area contributed by atoms with Crippen LogP contribution in [0, 0.1) is 0 Å². The third-order valence-electron chi connectivity index (χ3n) is 2.67. The van der Waals surface area contributed by atoms with Crippen molar-refractivity contribution in [1.29, 1.82) is 0 Å². The van der Waals surface area contributed by atoms with Crippen molar-refractivity contribution in [2.24, 2.45) is 7.05 Å². The topological polar surface area (TPSA) is 63.1 Å². The number of benzene rings is 1. The maximum atomic E-state index is 12.0. The van der Waals surface area contributed by atoms with E-state index < -0.39 is 0 Å². The van der Waals surface area contributed by atoms with Gasteiger partial charge in [-0.1, -0.05) is 17.3 Å². The second kappa shape index (κ2) is 5.51. The Labute approximate surface area is 112 Å². The highest BCUT2D eigenvalue weighted by Crippen LogP contribution is 2.17. The van der Waals surface area contributed by atoms with Crippen molar-refractivity contribution >= 4 is 11.6 Å². The zero-order valence-electron chi connectivity index (χ0n) is 11.3. The Morgan fingerprint density at radius 2 is 2.11 bits per heavy atom. The van der Waals surface area contributed by atoms with Crippen LogP contribution in [0.15, 0.2) is 30.5 Å². The van der Waals surface area contributed by atoms with Crippen LogP contribution in [0.3, 0.4) is 0 Å². The van der Waals surface area contributed by atoms with Crippen LogP contribution in [0.1, 0.15) is 16.1 Å². The van der Waals surface area contributed by atoms with E-state index in [1.807, 2.05) is 31.4 Å². The Balaban J connectivity index is 2.14. The van der Waals surface area contributed by atoms with Gasteiger partial charge in [0.25, 0.3) is 5.91 Å². The molecular formula is C13H17N5O. The van der Waals surface area contributed by atoms with Gasteiger partial charge >= 0.3 is 0 Å². The number of hydrogen-bond acceptors (Lipinski definition) is 4. The quantitative estimate of drug-likeness (QED) is 0.894. The van der Waals surface area contributed by atoms with Gasteiger partial charge in [0.1, 0.15) is 5.69 Å². The molecule has 0 spiro atoms. The number of rotatable bonds is 4. The van der Waals surface area contributed by atoms with E-state index in [4.69, 9.17) is 0 Å². The minimum absolute atomic E-state index is 0.0257. The summed E-state index contributed by atoms with van der Waals surface area (Å²) in [5.41, 5.74) is 2.28. The van der Waals surface area contributed by atoms with Gasteiger partial charge in [0.2, 0.25) is 0 Å². The standard InChI is InChI=1S/C13H17N5O/c1-17(2)13(19)11-6-4-5-7-12(11)14-8-10-9-18(3)16-15-10/h4-7,9,14H,8H2,1-3H3. The van der Waals surface area contributed by atoms with E-state index in [-0.39, 0.29) is 5.91 Å². The molecule has 1 amide bonds. The Kier molecular flexibility index (Phi) is 3.79. The maximum absolute atomic E-state index is 12.0. The molecule has 6 heteroatoms. The van der Waals surface area contributed by atoms with Crippen molar-refractivity contribution in [2.75, 3.05) is 19.4 Å². The number of para-hydroxylation sites is 1. The first-order chi connectivity index (χ1) is 9.08. The Bertz CT molecular complexity index is 576. The molecule has 6 nitrogen and oxygen atoms in total. The molecule has 1 aromatic heterocycles. The van der Waals surface area contributed by atoms with Crippen LogP contribution in [0.4, 0.5) is 5.69 Å². The van der Waals surface area contributed by atoms with Crippen LogP contribution in [-0.2, 0) is 13.6 Å². The second-order valence-corrected chi connectivity index (χ2v) is 4.48. The molecule has 0 saturated heterocycles. The Hall–Kier alpha value is -2.37. The molecule has 0 radical (unpaired) electrons. The number of hydrogen-bond donors (Lipinski definition) is 1. The lowest BCUT2D eigenvalue weighted by atomic mass is 10.1. The van der Waals surface area contributed by atoms with Crippen LogP contribution in [0.2, 0.25) is 0 Å². The molecule has 0 bridgehead atoms. The number of nitrogens with zero attached hydrogens (tertiary/aromatic N) is 4. The zero-order chi connectivity index (χ0) is 13.8. The van der Waals surface area contributed by atoms with E-state index in [0.717, 1.165) is 11.4 Å². The summed E-state index contributed by atoms with van der Waals surface area (Å²) in [7, 11) is 5.30. The minimum Gasteiger partial charge on any atom is -0.379 e. The highest BCUT2D eigenvalue weighted by molar-refractivity contribution is 5.99. The average Bonchev–Trinajstić information content (AvgIpc) is 2.81. The fraction of sp³-hybridized carbons (Fsp3) is 0.308. The van der Waals surface area contributed by atoms with E-state index >= 15 is 0 Å². The van der Waals surface area contributed by atoms with Crippen LogP contribution in [0.25, 0.3) is 0 Å². The summed E-state index contributed by atoms with van der Waals surface area (Å²) in [6.07, 6.45) is 1.84. The number of nitrogens with one attached hydrogen (secondary N) is 1. The minimum atomic E-state index is -0.0257. The van der Waals surface area contributed by atoms with Gasteiger partial charge in [0.15, 0.2) is 0 Å². The number of amides is 1. The Morgan fingerprint density at radius 3 is 2.74 bits per heavy atom. The van der Waals surface area contributed by atoms with Gasteiger partial charge < -0.3 is 10.2 Å². The van der Waals surface area contributed by atoms with Crippen molar-refractivity contribution < 1.29 is 4.79 Å². The lowest BCUT2D eigenvalue weighted by Gasteiger charge is -2.14. The summed E-state index contributed by atoms with van der Waals surface area (Å²) in [5, 5.41) is 11.1. The molecule has 19 heavy (non-hydrogen) atoms. The monoisotopic (exact) mass is 259 g/mol. The number of aromatic nitrogens is 3. The lowest BCUT2D eigenvalue weighted by Crippen LogP contribution is -2.22. The number of carbonyl (C=O) groups excluding carboxylic acids is 1. The van der Waals surface area contributed by atoms with E-state index in [2.05, 4.69) is 15.6 Å². The fourth-order valence-electron chi connectivity index (χ4n) is 1.73. The summed E-state index contributed by atoms with van der Waals surface area (Å²) >= 11 is 0. The largest absolute Gasteiger partial charge is 0.379 e. The average molecular weight is 259 g/mol. The molecule has 0 fully saturated rings. The first kappa shape index (κ1) is 13.1. The predicted molar refractivity (Wildman–Crippen MR) is 72.8 cm³/mol. The first-order valence-electron chi connectivity index (χ1n) is 5.97. The van der Waals surface area contributed by atoms with Crippen molar-refractivity contribution in [1.82, 2.24) is 19.9 Å². The van der Waals surface area contributed by atoms with E-state index in [1.165, 1.54) is 0 Å². The smallest absolute Gasteiger partial charge is 0.255 e. The lowest BCUT2D eigenvalue weighted by molar-refractivity contribution is 0.0828. The second-order valence-electron chi connectivity index (χ2n) is 4.48. The predicted octanol–water partition coefficient (Wildman–Crippen LogP) is 1.13.